The number of benzene rings is 1. The van der Waals surface area contributed by atoms with Gasteiger partial charge < -0.3 is 15.0 Å². The minimum atomic E-state index is -0.531. The van der Waals surface area contributed by atoms with Crippen LogP contribution >= 0.6 is 0 Å². The summed E-state index contributed by atoms with van der Waals surface area (Å²) in [6.07, 6.45) is 6.52. The standard InChI is InChI=1S/C24H29N3O3/c1-17-10-11-20(25-16-17)26-22(28)21-18-8-4-5-9-19(18)23(29)27(14-15-30-2)24(21)12-6-3-7-13-24/h4-5,8-11,16,21H,3,6-7,12-15H2,1-2H3,(H,25,26,28)/t21-/m1/s1. The molecule has 1 N–H and O–H groups in total. The highest BCUT2D eigenvalue weighted by atomic mass is 16.5. The molecule has 1 aliphatic carbocycles. The van der Waals surface area contributed by atoms with Crippen LogP contribution in [-0.4, -0.2) is 47.5 Å². The normalized spacial score (nSPS) is 20.1. The summed E-state index contributed by atoms with van der Waals surface area (Å²) in [5.41, 5.74) is 1.94. The van der Waals surface area contributed by atoms with Crippen molar-refractivity contribution in [3.63, 3.8) is 0 Å². The quantitative estimate of drug-likeness (QED) is 0.816. The molecule has 6 heteroatoms. The molecule has 0 bridgehead atoms. The summed E-state index contributed by atoms with van der Waals surface area (Å²) in [6, 6.07) is 11.3. The fraction of sp³-hybridized carbons (Fsp3) is 0.458. The molecule has 2 heterocycles. The zero-order valence-corrected chi connectivity index (χ0v) is 17.7. The molecule has 0 radical (unpaired) electrons. The van der Waals surface area contributed by atoms with Crippen LogP contribution in [0.2, 0.25) is 0 Å². The summed E-state index contributed by atoms with van der Waals surface area (Å²) in [5, 5.41) is 3.02. The molecule has 1 saturated carbocycles. The van der Waals surface area contributed by atoms with Gasteiger partial charge in [-0.2, -0.15) is 0 Å². The van der Waals surface area contributed by atoms with E-state index in [2.05, 4.69) is 10.3 Å². The molecule has 4 rings (SSSR count). The summed E-state index contributed by atoms with van der Waals surface area (Å²) in [5.74, 6) is -0.00118. The number of hydrogen-bond donors (Lipinski definition) is 1. The van der Waals surface area contributed by atoms with E-state index >= 15 is 0 Å². The van der Waals surface area contributed by atoms with Crippen molar-refractivity contribution in [1.29, 1.82) is 0 Å². The van der Waals surface area contributed by atoms with E-state index in [1.54, 1.807) is 13.3 Å². The van der Waals surface area contributed by atoms with Crippen LogP contribution in [0.15, 0.2) is 42.6 Å². The first-order chi connectivity index (χ1) is 14.6. The Morgan fingerprint density at radius 1 is 1.20 bits per heavy atom. The second kappa shape index (κ2) is 8.56. The van der Waals surface area contributed by atoms with Crippen molar-refractivity contribution < 1.29 is 14.3 Å². The van der Waals surface area contributed by atoms with Gasteiger partial charge in [-0.25, -0.2) is 4.98 Å². The van der Waals surface area contributed by atoms with Gasteiger partial charge in [-0.3, -0.25) is 9.59 Å². The minimum absolute atomic E-state index is 0.00191. The molecule has 6 nitrogen and oxygen atoms in total. The Balaban J connectivity index is 1.79. The summed E-state index contributed by atoms with van der Waals surface area (Å²) in [6.45, 7) is 2.89. The lowest BCUT2D eigenvalue weighted by Crippen LogP contribution is -2.62. The molecule has 0 saturated heterocycles. The number of anilines is 1. The Morgan fingerprint density at radius 3 is 2.67 bits per heavy atom. The average Bonchev–Trinajstić information content (AvgIpc) is 2.76. The van der Waals surface area contributed by atoms with Crippen LogP contribution in [-0.2, 0) is 9.53 Å². The topological polar surface area (TPSA) is 71.5 Å². The SMILES string of the molecule is COCCN1C(=O)c2ccccc2[C@H](C(=O)Nc2ccc(C)cn2)C12CCCCC2. The van der Waals surface area contributed by atoms with Crippen LogP contribution in [0.25, 0.3) is 0 Å². The van der Waals surface area contributed by atoms with Gasteiger partial charge in [0, 0.05) is 25.4 Å². The first-order valence-corrected chi connectivity index (χ1v) is 10.7. The molecule has 1 aromatic carbocycles. The monoisotopic (exact) mass is 407 g/mol. The maximum absolute atomic E-state index is 13.7. The number of aromatic nitrogens is 1. The summed E-state index contributed by atoms with van der Waals surface area (Å²) in [4.78, 5) is 33.5. The fourth-order valence-corrected chi connectivity index (χ4v) is 5.09. The summed E-state index contributed by atoms with van der Waals surface area (Å²) < 4.78 is 5.31. The Bertz CT molecular complexity index is 920. The van der Waals surface area contributed by atoms with Crippen molar-refractivity contribution in [3.8, 4) is 0 Å². The lowest BCUT2D eigenvalue weighted by molar-refractivity contribution is -0.122. The third-order valence-electron chi connectivity index (χ3n) is 6.49. The molecule has 158 valence electrons. The van der Waals surface area contributed by atoms with Crippen molar-refractivity contribution in [2.75, 3.05) is 25.6 Å². The van der Waals surface area contributed by atoms with Crippen molar-refractivity contribution in [3.05, 3.63) is 59.3 Å². The van der Waals surface area contributed by atoms with Gasteiger partial charge in [0.25, 0.3) is 5.91 Å². The molecular weight excluding hydrogens is 378 g/mol. The first-order valence-electron chi connectivity index (χ1n) is 10.7. The summed E-state index contributed by atoms with van der Waals surface area (Å²) in [7, 11) is 1.64. The number of aryl methyl sites for hydroxylation is 1. The maximum Gasteiger partial charge on any atom is 0.254 e. The third-order valence-corrected chi connectivity index (χ3v) is 6.49. The number of hydrogen-bond acceptors (Lipinski definition) is 4. The molecule has 0 unspecified atom stereocenters. The van der Waals surface area contributed by atoms with Gasteiger partial charge >= 0.3 is 0 Å². The average molecular weight is 408 g/mol. The molecule has 1 aromatic heterocycles. The number of nitrogens with zero attached hydrogens (tertiary/aromatic N) is 2. The van der Waals surface area contributed by atoms with Gasteiger partial charge in [-0.05, 0) is 43.0 Å². The number of methoxy groups -OCH3 is 1. The van der Waals surface area contributed by atoms with Crippen LogP contribution in [0.1, 0.15) is 59.5 Å². The number of ether oxygens (including phenoxy) is 1. The van der Waals surface area contributed by atoms with Crippen molar-refractivity contribution in [2.45, 2.75) is 50.5 Å². The largest absolute Gasteiger partial charge is 0.383 e. The minimum Gasteiger partial charge on any atom is -0.383 e. The molecule has 2 aromatic rings. The smallest absolute Gasteiger partial charge is 0.254 e. The van der Waals surface area contributed by atoms with Crippen molar-refractivity contribution in [1.82, 2.24) is 9.88 Å². The first kappa shape index (κ1) is 20.5. The number of carbonyl (C=O) groups is 2. The highest BCUT2D eigenvalue weighted by molar-refractivity contribution is 6.04. The molecule has 1 spiro atoms. The van der Waals surface area contributed by atoms with E-state index in [-0.39, 0.29) is 11.8 Å². The Morgan fingerprint density at radius 2 is 1.97 bits per heavy atom. The highest BCUT2D eigenvalue weighted by Gasteiger charge is 2.54. The molecule has 1 atom stereocenters. The Kier molecular flexibility index (Phi) is 5.86. The predicted molar refractivity (Wildman–Crippen MR) is 116 cm³/mol. The lowest BCUT2D eigenvalue weighted by Gasteiger charge is -2.53. The van der Waals surface area contributed by atoms with Gasteiger partial charge in [0.1, 0.15) is 5.82 Å². The Hall–Kier alpha value is -2.73. The molecule has 1 aliphatic heterocycles. The molecule has 2 amide bonds. The second-order valence-electron chi connectivity index (χ2n) is 8.34. The van der Waals surface area contributed by atoms with E-state index in [1.165, 1.54) is 0 Å². The van der Waals surface area contributed by atoms with Crippen molar-refractivity contribution in [2.24, 2.45) is 0 Å². The number of pyridine rings is 1. The van der Waals surface area contributed by atoms with E-state index in [0.717, 1.165) is 43.2 Å². The molecule has 2 aliphatic rings. The van der Waals surface area contributed by atoms with Gasteiger partial charge in [0.15, 0.2) is 0 Å². The van der Waals surface area contributed by atoms with Gasteiger partial charge in [0.05, 0.1) is 18.1 Å². The zero-order valence-electron chi connectivity index (χ0n) is 17.7. The Labute approximate surface area is 177 Å². The predicted octanol–water partition coefficient (Wildman–Crippen LogP) is 3.92. The van der Waals surface area contributed by atoms with Crippen LogP contribution in [0.4, 0.5) is 5.82 Å². The zero-order chi connectivity index (χ0) is 21.1. The fourth-order valence-electron chi connectivity index (χ4n) is 5.09. The van der Waals surface area contributed by atoms with Gasteiger partial charge in [0.2, 0.25) is 5.91 Å². The highest BCUT2D eigenvalue weighted by Crippen LogP contribution is 2.49. The molecule has 30 heavy (non-hydrogen) atoms. The van der Waals surface area contributed by atoms with Crippen LogP contribution in [0.5, 0.6) is 0 Å². The second-order valence-corrected chi connectivity index (χ2v) is 8.34. The number of nitrogens with one attached hydrogen (secondary N) is 1. The van der Waals surface area contributed by atoms with Gasteiger partial charge in [-0.1, -0.05) is 43.5 Å². The van der Waals surface area contributed by atoms with E-state index < -0.39 is 11.5 Å². The van der Waals surface area contributed by atoms with Crippen LogP contribution in [0.3, 0.4) is 0 Å². The number of rotatable bonds is 5. The van der Waals surface area contributed by atoms with E-state index in [1.807, 2.05) is 48.2 Å². The van der Waals surface area contributed by atoms with E-state index in [0.29, 0.717) is 24.5 Å². The van der Waals surface area contributed by atoms with Crippen molar-refractivity contribution >= 4 is 17.6 Å². The lowest BCUT2D eigenvalue weighted by atomic mass is 9.65. The maximum atomic E-state index is 13.7. The number of carbonyl (C=O) groups excluding carboxylic acids is 2. The summed E-state index contributed by atoms with van der Waals surface area (Å²) >= 11 is 0. The van der Waals surface area contributed by atoms with E-state index in [4.69, 9.17) is 4.74 Å². The number of amides is 2. The van der Waals surface area contributed by atoms with Crippen LogP contribution < -0.4 is 5.32 Å². The van der Waals surface area contributed by atoms with Crippen LogP contribution in [0, 0.1) is 6.92 Å². The van der Waals surface area contributed by atoms with Gasteiger partial charge in [-0.15, -0.1) is 0 Å². The molecular formula is C24H29N3O3. The van der Waals surface area contributed by atoms with E-state index in [9.17, 15) is 9.59 Å². The number of fused-ring (bicyclic) bond motifs is 1. The molecule has 1 fully saturated rings. The third kappa shape index (κ3) is 3.60.